The lowest BCUT2D eigenvalue weighted by molar-refractivity contribution is -0.117. The van der Waals surface area contributed by atoms with E-state index in [9.17, 15) is 4.79 Å². The van der Waals surface area contributed by atoms with Crippen molar-refractivity contribution in [3.8, 4) is 0 Å². The molecule has 2 N–H and O–H groups in total. The van der Waals surface area contributed by atoms with Gasteiger partial charge in [0.2, 0.25) is 5.91 Å². The molecule has 0 radical (unpaired) electrons. The van der Waals surface area contributed by atoms with Crippen LogP contribution in [0.15, 0.2) is 29.3 Å². The number of aryl methyl sites for hydroxylation is 1. The van der Waals surface area contributed by atoms with Gasteiger partial charge in [-0.3, -0.25) is 4.79 Å². The Morgan fingerprint density at radius 1 is 1.32 bits per heavy atom. The van der Waals surface area contributed by atoms with Gasteiger partial charge in [0, 0.05) is 25.3 Å². The molecular weight excluding hydrogens is 391 g/mol. The average Bonchev–Trinajstić information content (AvgIpc) is 2.53. The van der Waals surface area contributed by atoms with Crippen LogP contribution >= 0.6 is 24.0 Å². The Hall–Kier alpha value is -1.31. The molecule has 0 aromatic heterocycles. The van der Waals surface area contributed by atoms with E-state index < -0.39 is 0 Å². The van der Waals surface area contributed by atoms with Gasteiger partial charge < -0.3 is 15.5 Å². The van der Waals surface area contributed by atoms with E-state index in [0.717, 1.165) is 38.2 Å². The Morgan fingerprint density at radius 2 is 2.00 bits per heavy atom. The van der Waals surface area contributed by atoms with Crippen LogP contribution in [-0.4, -0.2) is 42.9 Å². The number of guanidine groups is 1. The predicted molar refractivity (Wildman–Crippen MR) is 102 cm³/mol. The molecule has 5 nitrogen and oxygen atoms in total. The fourth-order valence-electron chi connectivity index (χ4n) is 2.67. The van der Waals surface area contributed by atoms with Crippen molar-refractivity contribution in [2.45, 2.75) is 26.7 Å². The number of fused-ring (bicyclic) bond motifs is 1. The molecule has 0 bridgehead atoms. The summed E-state index contributed by atoms with van der Waals surface area (Å²) in [4.78, 5) is 20.4. The molecule has 0 spiro atoms. The fourth-order valence-corrected chi connectivity index (χ4v) is 2.67. The summed E-state index contributed by atoms with van der Waals surface area (Å²) in [5.41, 5.74) is 8.17. The van der Waals surface area contributed by atoms with E-state index in [0.29, 0.717) is 5.96 Å². The quantitative estimate of drug-likeness (QED) is 0.465. The Bertz CT molecular complexity index is 529. The molecule has 22 heavy (non-hydrogen) atoms. The number of nitrogens with zero attached hydrogens (tertiary/aromatic N) is 3. The minimum atomic E-state index is 0. The molecule has 0 saturated heterocycles. The summed E-state index contributed by atoms with van der Waals surface area (Å²) in [6.07, 6.45) is 2.03. The second-order valence-electron chi connectivity index (χ2n) is 5.12. The monoisotopic (exact) mass is 416 g/mol. The SMILES string of the molecule is CCN(CC)C(N)=NCC(=O)N1CCCc2ccccc21.I. The number of aliphatic imine (C=N–C) groups is 1. The van der Waals surface area contributed by atoms with Crippen molar-refractivity contribution < 1.29 is 4.79 Å². The minimum Gasteiger partial charge on any atom is -0.370 e. The first kappa shape index (κ1) is 18.7. The molecule has 1 aromatic rings. The van der Waals surface area contributed by atoms with Crippen LogP contribution in [0.2, 0.25) is 0 Å². The van der Waals surface area contributed by atoms with Crippen LogP contribution in [0.25, 0.3) is 0 Å². The van der Waals surface area contributed by atoms with E-state index in [1.165, 1.54) is 5.56 Å². The Labute approximate surface area is 149 Å². The van der Waals surface area contributed by atoms with Crippen molar-refractivity contribution in [3.05, 3.63) is 29.8 Å². The van der Waals surface area contributed by atoms with Crippen molar-refractivity contribution in [2.24, 2.45) is 10.7 Å². The Morgan fingerprint density at radius 3 is 2.68 bits per heavy atom. The second-order valence-corrected chi connectivity index (χ2v) is 5.12. The summed E-state index contributed by atoms with van der Waals surface area (Å²) in [5, 5.41) is 0. The van der Waals surface area contributed by atoms with Crippen molar-refractivity contribution in [1.82, 2.24) is 4.90 Å². The molecule has 1 aliphatic rings. The molecule has 0 unspecified atom stereocenters. The first-order valence-electron chi connectivity index (χ1n) is 7.60. The third kappa shape index (κ3) is 4.34. The number of anilines is 1. The smallest absolute Gasteiger partial charge is 0.248 e. The number of hydrogen-bond donors (Lipinski definition) is 1. The van der Waals surface area contributed by atoms with Crippen molar-refractivity contribution in [3.63, 3.8) is 0 Å². The number of carbonyl (C=O) groups excluding carboxylic acids is 1. The van der Waals surface area contributed by atoms with Crippen LogP contribution < -0.4 is 10.6 Å². The molecular formula is C16H25IN4O. The highest BCUT2D eigenvalue weighted by Crippen LogP contribution is 2.26. The zero-order valence-electron chi connectivity index (χ0n) is 13.3. The summed E-state index contributed by atoms with van der Waals surface area (Å²) in [5.74, 6) is 0.455. The van der Waals surface area contributed by atoms with E-state index in [-0.39, 0.29) is 36.4 Å². The number of para-hydroxylation sites is 1. The van der Waals surface area contributed by atoms with Gasteiger partial charge in [-0.25, -0.2) is 4.99 Å². The van der Waals surface area contributed by atoms with Gasteiger partial charge >= 0.3 is 0 Å². The van der Waals surface area contributed by atoms with Gasteiger partial charge in [-0.05, 0) is 38.3 Å². The van der Waals surface area contributed by atoms with Gasteiger partial charge in [-0.1, -0.05) is 18.2 Å². The zero-order chi connectivity index (χ0) is 15.2. The highest BCUT2D eigenvalue weighted by Gasteiger charge is 2.21. The summed E-state index contributed by atoms with van der Waals surface area (Å²) < 4.78 is 0. The minimum absolute atomic E-state index is 0. The zero-order valence-corrected chi connectivity index (χ0v) is 15.6. The molecule has 1 amide bonds. The first-order valence-corrected chi connectivity index (χ1v) is 7.60. The molecule has 0 atom stereocenters. The number of carbonyl (C=O) groups is 1. The normalized spacial score (nSPS) is 14.1. The topological polar surface area (TPSA) is 61.9 Å². The summed E-state index contributed by atoms with van der Waals surface area (Å²) in [6.45, 7) is 6.51. The molecule has 122 valence electrons. The molecule has 1 aliphatic heterocycles. The van der Waals surface area contributed by atoms with Crippen LogP contribution in [0.3, 0.4) is 0 Å². The predicted octanol–water partition coefficient (Wildman–Crippen LogP) is 2.24. The maximum absolute atomic E-state index is 12.4. The van der Waals surface area contributed by atoms with Crippen LogP contribution in [0, 0.1) is 0 Å². The van der Waals surface area contributed by atoms with Crippen LogP contribution in [0.5, 0.6) is 0 Å². The van der Waals surface area contributed by atoms with Gasteiger partial charge in [0.1, 0.15) is 6.54 Å². The molecule has 2 rings (SSSR count). The van der Waals surface area contributed by atoms with E-state index in [2.05, 4.69) is 11.1 Å². The molecule has 0 saturated carbocycles. The number of halogens is 1. The average molecular weight is 416 g/mol. The van der Waals surface area contributed by atoms with Crippen LogP contribution in [-0.2, 0) is 11.2 Å². The molecule has 1 aromatic carbocycles. The molecule has 1 heterocycles. The van der Waals surface area contributed by atoms with Gasteiger partial charge in [-0.2, -0.15) is 0 Å². The highest BCUT2D eigenvalue weighted by molar-refractivity contribution is 14.0. The maximum atomic E-state index is 12.4. The Balaban J connectivity index is 0.00000242. The van der Waals surface area contributed by atoms with Crippen molar-refractivity contribution in [2.75, 3.05) is 31.1 Å². The fraction of sp³-hybridized carbons (Fsp3) is 0.500. The van der Waals surface area contributed by atoms with E-state index in [1.807, 2.05) is 41.8 Å². The number of nitrogens with two attached hydrogens (primary N) is 1. The number of rotatable bonds is 4. The van der Waals surface area contributed by atoms with Crippen LogP contribution in [0.1, 0.15) is 25.8 Å². The maximum Gasteiger partial charge on any atom is 0.248 e. The summed E-state index contributed by atoms with van der Waals surface area (Å²) in [7, 11) is 0. The lowest BCUT2D eigenvalue weighted by Crippen LogP contribution is -2.40. The van der Waals surface area contributed by atoms with E-state index in [4.69, 9.17) is 5.73 Å². The number of benzene rings is 1. The molecule has 0 fully saturated rings. The van der Waals surface area contributed by atoms with Gasteiger partial charge in [0.05, 0.1) is 0 Å². The van der Waals surface area contributed by atoms with Crippen LogP contribution in [0.4, 0.5) is 5.69 Å². The largest absolute Gasteiger partial charge is 0.370 e. The molecule has 6 heteroatoms. The van der Waals surface area contributed by atoms with E-state index in [1.54, 1.807) is 0 Å². The van der Waals surface area contributed by atoms with Gasteiger partial charge in [0.15, 0.2) is 5.96 Å². The lowest BCUT2D eigenvalue weighted by atomic mass is 10.0. The van der Waals surface area contributed by atoms with Crippen molar-refractivity contribution in [1.29, 1.82) is 0 Å². The lowest BCUT2D eigenvalue weighted by Gasteiger charge is -2.29. The number of hydrogen-bond acceptors (Lipinski definition) is 2. The Kier molecular flexibility index (Phi) is 7.64. The summed E-state index contributed by atoms with van der Waals surface area (Å²) in [6, 6.07) is 8.08. The van der Waals surface area contributed by atoms with Gasteiger partial charge in [0.25, 0.3) is 0 Å². The first-order chi connectivity index (χ1) is 10.2. The summed E-state index contributed by atoms with van der Waals surface area (Å²) >= 11 is 0. The molecule has 0 aliphatic carbocycles. The highest BCUT2D eigenvalue weighted by atomic mass is 127. The number of amides is 1. The van der Waals surface area contributed by atoms with Gasteiger partial charge in [-0.15, -0.1) is 24.0 Å². The third-order valence-corrected chi connectivity index (χ3v) is 3.88. The standard InChI is InChI=1S/C16H24N4O.HI/c1-3-19(4-2)16(17)18-12-15(21)20-11-7-9-13-8-5-6-10-14(13)20;/h5-6,8,10H,3-4,7,9,11-12H2,1-2H3,(H2,17,18);1H. The van der Waals surface area contributed by atoms with E-state index >= 15 is 0 Å². The second kappa shape index (κ2) is 8.97. The third-order valence-electron chi connectivity index (χ3n) is 3.88. The van der Waals surface area contributed by atoms with Crippen molar-refractivity contribution >= 4 is 41.5 Å².